The summed E-state index contributed by atoms with van der Waals surface area (Å²) in [5, 5.41) is 12.4. The maximum atomic E-state index is 12.5. The van der Waals surface area contributed by atoms with Gasteiger partial charge in [0.1, 0.15) is 5.75 Å². The molecule has 0 saturated carbocycles. The molecule has 0 fully saturated rings. The Morgan fingerprint density at radius 1 is 1.10 bits per heavy atom. The maximum Gasteiger partial charge on any atom is 0.234 e. The van der Waals surface area contributed by atoms with E-state index in [2.05, 4.69) is 27.0 Å². The third-order valence-corrected chi connectivity index (χ3v) is 5.77. The van der Waals surface area contributed by atoms with Gasteiger partial charge in [-0.05, 0) is 55.0 Å². The molecular formula is C23H29N5O2S. The quantitative estimate of drug-likeness (QED) is 0.467. The Balaban J connectivity index is 1.68. The number of amides is 1. The molecule has 0 aliphatic heterocycles. The lowest BCUT2D eigenvalue weighted by atomic mass is 10.2. The van der Waals surface area contributed by atoms with Crippen molar-refractivity contribution in [1.29, 1.82) is 0 Å². The molecule has 3 aromatic rings. The van der Waals surface area contributed by atoms with E-state index in [9.17, 15) is 4.79 Å². The average Bonchev–Trinajstić information content (AvgIpc) is 3.19. The SMILES string of the molecule is CCCCn1c(SCC(=O)Nc2ccc(N(C)C)cc2)nnc1-c1ccc(OC)cc1. The molecule has 0 atom stereocenters. The van der Waals surface area contributed by atoms with E-state index in [1.807, 2.05) is 67.5 Å². The number of ether oxygens (including phenoxy) is 1. The van der Waals surface area contributed by atoms with Gasteiger partial charge in [0.15, 0.2) is 11.0 Å². The predicted molar refractivity (Wildman–Crippen MR) is 127 cm³/mol. The van der Waals surface area contributed by atoms with Gasteiger partial charge in [-0.3, -0.25) is 4.79 Å². The summed E-state index contributed by atoms with van der Waals surface area (Å²) < 4.78 is 7.34. The molecule has 0 radical (unpaired) electrons. The van der Waals surface area contributed by atoms with Crippen LogP contribution in [0, 0.1) is 0 Å². The third kappa shape index (κ3) is 6.01. The number of unbranched alkanes of at least 4 members (excludes halogenated alkanes) is 1. The van der Waals surface area contributed by atoms with E-state index in [4.69, 9.17) is 4.74 Å². The van der Waals surface area contributed by atoms with E-state index in [0.717, 1.165) is 53.1 Å². The molecule has 0 unspecified atom stereocenters. The van der Waals surface area contributed by atoms with Gasteiger partial charge in [0, 0.05) is 37.6 Å². The first kappa shape index (κ1) is 22.7. The minimum absolute atomic E-state index is 0.0707. The van der Waals surface area contributed by atoms with E-state index in [1.165, 1.54) is 11.8 Å². The van der Waals surface area contributed by atoms with Gasteiger partial charge in [-0.2, -0.15) is 0 Å². The summed E-state index contributed by atoms with van der Waals surface area (Å²) in [6.45, 7) is 2.96. The summed E-state index contributed by atoms with van der Waals surface area (Å²) in [6.07, 6.45) is 2.08. The summed E-state index contributed by atoms with van der Waals surface area (Å²) in [5.74, 6) is 1.80. The molecule has 31 heavy (non-hydrogen) atoms. The number of methoxy groups -OCH3 is 1. The number of benzene rings is 2. The lowest BCUT2D eigenvalue weighted by Crippen LogP contribution is -2.15. The van der Waals surface area contributed by atoms with E-state index in [1.54, 1.807) is 7.11 Å². The summed E-state index contributed by atoms with van der Waals surface area (Å²) in [6, 6.07) is 15.5. The summed E-state index contributed by atoms with van der Waals surface area (Å²) in [5.41, 5.74) is 2.84. The molecular weight excluding hydrogens is 410 g/mol. The first-order chi connectivity index (χ1) is 15.0. The van der Waals surface area contributed by atoms with E-state index < -0.39 is 0 Å². The number of carbonyl (C=O) groups excluding carboxylic acids is 1. The highest BCUT2D eigenvalue weighted by Gasteiger charge is 2.16. The van der Waals surface area contributed by atoms with Crippen LogP contribution < -0.4 is 15.0 Å². The van der Waals surface area contributed by atoms with Crippen LogP contribution in [0.3, 0.4) is 0 Å². The predicted octanol–water partition coefficient (Wildman–Crippen LogP) is 4.55. The van der Waals surface area contributed by atoms with Crippen molar-refractivity contribution in [2.24, 2.45) is 0 Å². The number of nitrogens with zero attached hydrogens (tertiary/aromatic N) is 4. The Kier molecular flexibility index (Phi) is 7.94. The van der Waals surface area contributed by atoms with Crippen molar-refractivity contribution < 1.29 is 9.53 Å². The highest BCUT2D eigenvalue weighted by molar-refractivity contribution is 7.99. The fourth-order valence-electron chi connectivity index (χ4n) is 3.04. The highest BCUT2D eigenvalue weighted by atomic mass is 32.2. The van der Waals surface area contributed by atoms with Crippen LogP contribution in [0.4, 0.5) is 11.4 Å². The monoisotopic (exact) mass is 439 g/mol. The van der Waals surface area contributed by atoms with Gasteiger partial charge in [-0.25, -0.2) is 0 Å². The molecule has 0 saturated heterocycles. The minimum Gasteiger partial charge on any atom is -0.497 e. The number of nitrogens with one attached hydrogen (secondary N) is 1. The van der Waals surface area contributed by atoms with Gasteiger partial charge < -0.3 is 19.5 Å². The van der Waals surface area contributed by atoms with Crippen LogP contribution >= 0.6 is 11.8 Å². The first-order valence-corrected chi connectivity index (χ1v) is 11.3. The first-order valence-electron chi connectivity index (χ1n) is 10.3. The number of hydrogen-bond acceptors (Lipinski definition) is 6. The van der Waals surface area contributed by atoms with Crippen LogP contribution in [0.25, 0.3) is 11.4 Å². The molecule has 1 aromatic heterocycles. The van der Waals surface area contributed by atoms with E-state index >= 15 is 0 Å². The molecule has 164 valence electrons. The molecule has 1 heterocycles. The fourth-order valence-corrected chi connectivity index (χ4v) is 3.80. The number of hydrogen-bond donors (Lipinski definition) is 1. The summed E-state index contributed by atoms with van der Waals surface area (Å²) in [7, 11) is 5.62. The smallest absolute Gasteiger partial charge is 0.234 e. The van der Waals surface area contributed by atoms with Gasteiger partial charge in [0.05, 0.1) is 12.9 Å². The van der Waals surface area contributed by atoms with Crippen LogP contribution in [0.15, 0.2) is 53.7 Å². The second-order valence-electron chi connectivity index (χ2n) is 7.32. The zero-order valence-corrected chi connectivity index (χ0v) is 19.3. The molecule has 8 heteroatoms. The molecule has 1 N–H and O–H groups in total. The van der Waals surface area contributed by atoms with Gasteiger partial charge in [-0.15, -0.1) is 10.2 Å². The second kappa shape index (κ2) is 10.9. The molecule has 0 aliphatic rings. The van der Waals surface area contributed by atoms with E-state index in [-0.39, 0.29) is 11.7 Å². The Morgan fingerprint density at radius 3 is 2.42 bits per heavy atom. The Hall–Kier alpha value is -3.00. The van der Waals surface area contributed by atoms with Gasteiger partial charge in [-0.1, -0.05) is 25.1 Å². The molecule has 0 aliphatic carbocycles. The lowest BCUT2D eigenvalue weighted by molar-refractivity contribution is -0.113. The summed E-state index contributed by atoms with van der Waals surface area (Å²) in [4.78, 5) is 14.5. The van der Waals surface area contributed by atoms with E-state index in [0.29, 0.717) is 0 Å². The number of carbonyl (C=O) groups is 1. The largest absolute Gasteiger partial charge is 0.497 e. The van der Waals surface area contributed by atoms with Gasteiger partial charge >= 0.3 is 0 Å². The molecule has 7 nitrogen and oxygen atoms in total. The molecule has 0 spiro atoms. The normalized spacial score (nSPS) is 10.7. The third-order valence-electron chi connectivity index (χ3n) is 4.80. The van der Waals surface area contributed by atoms with Crippen molar-refractivity contribution in [2.75, 3.05) is 37.2 Å². The molecule has 2 aromatic carbocycles. The number of thioether (sulfide) groups is 1. The Labute approximate surface area is 187 Å². The topological polar surface area (TPSA) is 72.3 Å². The average molecular weight is 440 g/mol. The summed E-state index contributed by atoms with van der Waals surface area (Å²) >= 11 is 1.40. The number of aromatic nitrogens is 3. The lowest BCUT2D eigenvalue weighted by Gasteiger charge is -2.13. The van der Waals surface area contributed by atoms with Crippen molar-refractivity contribution in [3.05, 3.63) is 48.5 Å². The van der Waals surface area contributed by atoms with Crippen LogP contribution in [0.5, 0.6) is 5.75 Å². The fraction of sp³-hybridized carbons (Fsp3) is 0.348. The number of anilines is 2. The maximum absolute atomic E-state index is 12.5. The van der Waals surface area contributed by atoms with Crippen LogP contribution in [-0.2, 0) is 11.3 Å². The van der Waals surface area contributed by atoms with Gasteiger partial charge in [0.25, 0.3) is 0 Å². The molecule has 3 rings (SSSR count). The Bertz CT molecular complexity index is 984. The van der Waals surface area contributed by atoms with Crippen molar-refractivity contribution in [1.82, 2.24) is 14.8 Å². The van der Waals surface area contributed by atoms with Crippen molar-refractivity contribution in [3.8, 4) is 17.1 Å². The van der Waals surface area contributed by atoms with Crippen molar-refractivity contribution >= 4 is 29.0 Å². The Morgan fingerprint density at radius 2 is 1.81 bits per heavy atom. The molecule has 1 amide bonds. The molecule has 0 bridgehead atoms. The van der Waals surface area contributed by atoms with Crippen molar-refractivity contribution in [2.45, 2.75) is 31.5 Å². The second-order valence-corrected chi connectivity index (χ2v) is 8.26. The number of rotatable bonds is 10. The standard InChI is InChI=1S/C23H29N5O2S/c1-5-6-15-28-22(17-7-13-20(30-4)14-8-17)25-26-23(28)31-16-21(29)24-18-9-11-19(12-10-18)27(2)3/h7-14H,5-6,15-16H2,1-4H3,(H,24,29). The van der Waals surface area contributed by atoms with Crippen LogP contribution in [-0.4, -0.2) is 47.6 Å². The van der Waals surface area contributed by atoms with Crippen molar-refractivity contribution in [3.63, 3.8) is 0 Å². The zero-order valence-electron chi connectivity index (χ0n) is 18.5. The van der Waals surface area contributed by atoms with Crippen LogP contribution in [0.2, 0.25) is 0 Å². The minimum atomic E-state index is -0.0707. The zero-order chi connectivity index (χ0) is 22.2. The van der Waals surface area contributed by atoms with Crippen LogP contribution in [0.1, 0.15) is 19.8 Å². The highest BCUT2D eigenvalue weighted by Crippen LogP contribution is 2.26. The van der Waals surface area contributed by atoms with Gasteiger partial charge in [0.2, 0.25) is 5.91 Å².